The summed E-state index contributed by atoms with van der Waals surface area (Å²) in [5.41, 5.74) is 6.07. The molecule has 0 bridgehead atoms. The number of ether oxygens (including phenoxy) is 12. The molecule has 5 aromatic rings. The van der Waals surface area contributed by atoms with Gasteiger partial charge in [-0.3, -0.25) is 0 Å². The van der Waals surface area contributed by atoms with Gasteiger partial charge in [0.05, 0.1) is 81.4 Å². The highest BCUT2D eigenvalue weighted by Gasteiger charge is 2.35. The molecule has 5 saturated heterocycles. The van der Waals surface area contributed by atoms with E-state index in [1.165, 1.54) is 68.7 Å². The van der Waals surface area contributed by atoms with Gasteiger partial charge in [0.2, 0.25) is 0 Å². The summed E-state index contributed by atoms with van der Waals surface area (Å²) in [4.78, 5) is 0. The normalized spacial score (nSPS) is 27.3. The summed E-state index contributed by atoms with van der Waals surface area (Å²) in [6.45, 7) is 25.1. The first-order chi connectivity index (χ1) is 45.4. The standard InChI is InChI=1S/C16H22I2O3.C14H17I3O3.C13H14I4O2.2C13H15I3O2/c1-4-14-6-11(3)20-15(21-14)9-19-8-12-7-13(17)5-10(2)16(12)18;1-3-10-4-8(2)19-13(20-10)7-18-14-11(16)5-9(15)6-12(14)17;1-3-7-4-6(2)18-13(19-7)10-8(14)5-9(15)11(16)12(10)17;1-3-9-4-7(2)17-13(18-9)12-10(15)5-8(14)6-11(12)16;1-3-9-4-7(2)17-13(18-9)10-5-8(14)6-11(15)12(10)16/h5,7,11,14-15H,4,6,8-9H2,1-3H3;5-6,8,10,13H,3-4,7H2,1-2H3;5-7,13H,3-4H2,1-2H3;2*5-7,9,13H,3-4H2,1-2H3. The fourth-order valence-electron chi connectivity index (χ4n) is 10.9. The highest BCUT2D eigenvalue weighted by atomic mass is 127. The average molecular weight is 3010 g/mol. The molecule has 12 nitrogen and oxygen atoms in total. The van der Waals surface area contributed by atoms with E-state index >= 15 is 0 Å². The minimum Gasteiger partial charge on any atom is -0.486 e. The van der Waals surface area contributed by atoms with E-state index in [0.29, 0.717) is 44.2 Å². The number of benzene rings is 5. The summed E-state index contributed by atoms with van der Waals surface area (Å²) in [5.74, 6) is 0.921. The Hall–Kier alpha value is 6.41. The fraction of sp³-hybridized carbons (Fsp3) is 0.565. The molecule has 0 aliphatic carbocycles. The van der Waals surface area contributed by atoms with Crippen LogP contribution in [0.5, 0.6) is 5.75 Å². The molecule has 536 valence electrons. The van der Waals surface area contributed by atoms with Gasteiger partial charge in [0.15, 0.2) is 31.5 Å². The Morgan fingerprint density at radius 3 is 1.19 bits per heavy atom. The molecule has 0 radical (unpaired) electrons. The molecule has 10 rings (SSSR count). The van der Waals surface area contributed by atoms with Gasteiger partial charge in [-0.2, -0.15) is 0 Å². The lowest BCUT2D eigenvalue weighted by Gasteiger charge is -2.35. The second-order valence-corrected chi connectivity index (χ2v) is 41.2. The summed E-state index contributed by atoms with van der Waals surface area (Å²) in [6.07, 6.45) is 11.7. The molecule has 0 N–H and O–H groups in total. The number of rotatable bonds is 15. The van der Waals surface area contributed by atoms with Crippen molar-refractivity contribution in [3.8, 4) is 5.75 Å². The third kappa shape index (κ3) is 29.5. The molecule has 5 heterocycles. The van der Waals surface area contributed by atoms with Crippen LogP contribution >= 0.6 is 339 Å². The van der Waals surface area contributed by atoms with E-state index in [1.807, 2.05) is 0 Å². The van der Waals surface area contributed by atoms with Crippen LogP contribution in [0.15, 0.2) is 54.6 Å². The second kappa shape index (κ2) is 46.4. The van der Waals surface area contributed by atoms with Crippen molar-refractivity contribution in [2.75, 3.05) is 13.2 Å². The van der Waals surface area contributed by atoms with Crippen LogP contribution in [-0.4, -0.2) is 86.8 Å². The zero-order valence-corrected chi connectivity index (χ0v) is 87.5. The number of hydrogen-bond donors (Lipinski definition) is 0. The second-order valence-electron chi connectivity index (χ2n) is 23.8. The van der Waals surface area contributed by atoms with E-state index in [0.717, 1.165) is 82.7 Å². The third-order valence-electron chi connectivity index (χ3n) is 15.8. The van der Waals surface area contributed by atoms with Gasteiger partial charge in [-0.1, -0.05) is 34.6 Å². The van der Waals surface area contributed by atoms with Gasteiger partial charge in [-0.25, -0.2) is 0 Å². The van der Waals surface area contributed by atoms with Gasteiger partial charge >= 0.3 is 0 Å². The lowest BCUT2D eigenvalue weighted by molar-refractivity contribution is -0.256. The van der Waals surface area contributed by atoms with Crippen LogP contribution in [-0.2, 0) is 58.7 Å². The Balaban J connectivity index is 0.000000190. The average Bonchev–Trinajstić information content (AvgIpc) is 0.821. The zero-order valence-electron chi connectivity index (χ0n) is 55.1. The molecule has 5 aromatic carbocycles. The molecular formula is C69H83I15O12. The predicted octanol–water partition coefficient (Wildman–Crippen LogP) is 25.4. The monoisotopic (exact) mass is 3010 g/mol. The third-order valence-corrected chi connectivity index (χ3v) is 32.4. The minimum absolute atomic E-state index is 0.213. The van der Waals surface area contributed by atoms with Crippen molar-refractivity contribution in [3.63, 3.8) is 0 Å². The highest BCUT2D eigenvalue weighted by Crippen LogP contribution is 2.41. The van der Waals surface area contributed by atoms with Crippen LogP contribution in [0, 0.1) is 60.5 Å². The topological polar surface area (TPSA) is 111 Å². The SMILES string of the molecule is CCC1CC(C)OC(COCc2cc(I)cc(C)c2I)O1.CCC1CC(C)OC(COc2c(I)cc(I)cc2I)O1.CCC1CC(C)OC(c2c(I)cc(I)c(I)c2I)O1.CCC1CC(C)OC(c2c(I)cc(I)cc2I)O1.CCC1CC(C)OC(c2cc(I)cc(I)c2I)O1. The molecule has 0 amide bonds. The molecule has 5 aliphatic rings. The summed E-state index contributed by atoms with van der Waals surface area (Å²) in [6, 6.07) is 19.5. The Morgan fingerprint density at radius 2 is 0.708 bits per heavy atom. The van der Waals surface area contributed by atoms with Gasteiger partial charge in [0.1, 0.15) is 12.4 Å². The van der Waals surface area contributed by atoms with Crippen molar-refractivity contribution in [1.29, 1.82) is 0 Å². The molecule has 5 fully saturated rings. The van der Waals surface area contributed by atoms with E-state index in [1.54, 1.807) is 0 Å². The maximum absolute atomic E-state index is 6.11. The van der Waals surface area contributed by atoms with Crippen molar-refractivity contribution >= 4 is 339 Å². The van der Waals surface area contributed by atoms with Gasteiger partial charge in [-0.15, -0.1) is 0 Å². The first-order valence-electron chi connectivity index (χ1n) is 31.9. The van der Waals surface area contributed by atoms with Crippen LogP contribution in [0.2, 0.25) is 0 Å². The summed E-state index contributed by atoms with van der Waals surface area (Å²) in [7, 11) is 0. The highest BCUT2D eigenvalue weighted by molar-refractivity contribution is 14.1. The predicted molar refractivity (Wildman–Crippen MR) is 510 cm³/mol. The molecule has 0 aromatic heterocycles. The van der Waals surface area contributed by atoms with Gasteiger partial charge < -0.3 is 56.8 Å². The molecule has 0 saturated carbocycles. The molecule has 96 heavy (non-hydrogen) atoms. The van der Waals surface area contributed by atoms with Crippen LogP contribution in [0.25, 0.3) is 0 Å². The lowest BCUT2D eigenvalue weighted by atomic mass is 10.1. The van der Waals surface area contributed by atoms with Crippen molar-refractivity contribution < 1.29 is 56.8 Å². The van der Waals surface area contributed by atoms with Gasteiger partial charge in [0, 0.05) is 63.1 Å². The van der Waals surface area contributed by atoms with Crippen molar-refractivity contribution in [3.05, 3.63) is 136 Å². The van der Waals surface area contributed by atoms with Crippen LogP contribution in [0.3, 0.4) is 0 Å². The van der Waals surface area contributed by atoms with E-state index in [9.17, 15) is 0 Å². The van der Waals surface area contributed by atoms with Crippen molar-refractivity contribution in [2.24, 2.45) is 0 Å². The van der Waals surface area contributed by atoms with Gasteiger partial charge in [-0.05, 0) is 510 Å². The first kappa shape index (κ1) is 91.3. The molecule has 15 atom stereocenters. The Labute approximate surface area is 775 Å². The Morgan fingerprint density at radius 1 is 0.344 bits per heavy atom. The quantitative estimate of drug-likeness (QED) is 0.0565. The summed E-state index contributed by atoms with van der Waals surface area (Å²) in [5, 5.41) is 0. The van der Waals surface area contributed by atoms with E-state index in [4.69, 9.17) is 56.8 Å². The van der Waals surface area contributed by atoms with Gasteiger partial charge in [0.25, 0.3) is 0 Å². The smallest absolute Gasteiger partial charge is 0.192 e. The molecule has 5 aliphatic heterocycles. The van der Waals surface area contributed by atoms with E-state index in [2.05, 4.69) is 470 Å². The lowest BCUT2D eigenvalue weighted by Crippen LogP contribution is -2.39. The Kier molecular flexibility index (Phi) is 44.1. The zero-order chi connectivity index (χ0) is 70.8. The summed E-state index contributed by atoms with van der Waals surface area (Å²) >= 11 is 35.4. The fourth-order valence-corrected chi connectivity index (χ4v) is 26.9. The molecule has 27 heteroatoms. The van der Waals surface area contributed by atoms with E-state index < -0.39 is 0 Å². The van der Waals surface area contributed by atoms with Crippen LogP contribution < -0.4 is 4.74 Å². The number of hydrogen-bond acceptors (Lipinski definition) is 12. The van der Waals surface area contributed by atoms with Crippen LogP contribution in [0.1, 0.15) is 180 Å². The van der Waals surface area contributed by atoms with Crippen molar-refractivity contribution in [2.45, 2.75) is 239 Å². The Bertz CT molecular complexity index is 3230. The number of aryl methyl sites for hydroxylation is 1. The van der Waals surface area contributed by atoms with Crippen LogP contribution in [0.4, 0.5) is 0 Å². The van der Waals surface area contributed by atoms with Crippen molar-refractivity contribution in [1.82, 2.24) is 0 Å². The summed E-state index contributed by atoms with van der Waals surface area (Å²) < 4.78 is 89.7. The largest absolute Gasteiger partial charge is 0.486 e. The minimum atomic E-state index is -0.269. The van der Waals surface area contributed by atoms with E-state index in [-0.39, 0.29) is 68.1 Å². The number of halogens is 15. The molecule has 15 unspecified atom stereocenters. The maximum Gasteiger partial charge on any atom is 0.192 e. The molecular weight excluding hydrogens is 2920 g/mol. The first-order valence-corrected chi connectivity index (χ1v) is 48.1. The maximum atomic E-state index is 6.11. The molecule has 0 spiro atoms.